The van der Waals surface area contributed by atoms with Gasteiger partial charge in [-0.05, 0) is 40.0 Å². The molecule has 0 aromatic heterocycles. The molecule has 0 bridgehead atoms. The molecule has 4 nitrogen and oxygen atoms in total. The lowest BCUT2D eigenvalue weighted by Gasteiger charge is -2.41. The Labute approximate surface area is 121 Å². The third-order valence-corrected chi connectivity index (χ3v) is 5.26. The van der Waals surface area contributed by atoms with Crippen LogP contribution < -0.4 is 0 Å². The number of hydrogen-bond donors (Lipinski definition) is 1. The topological polar surface area (TPSA) is 54.5 Å². The molecule has 0 aromatic carbocycles. The molecule has 0 amide bonds. The zero-order valence-electron chi connectivity index (χ0n) is 12.9. The van der Waals surface area contributed by atoms with Gasteiger partial charge in [-0.2, -0.15) is 0 Å². The van der Waals surface area contributed by atoms with Crippen LogP contribution >= 0.6 is 0 Å². The largest absolute Gasteiger partial charge is 0.390 e. The lowest BCUT2D eigenvalue weighted by molar-refractivity contribution is -0.116. The molecule has 0 aromatic rings. The van der Waals surface area contributed by atoms with Gasteiger partial charge in [0.05, 0.1) is 36.4 Å². The van der Waals surface area contributed by atoms with Gasteiger partial charge in [-0.25, -0.2) is 0 Å². The summed E-state index contributed by atoms with van der Waals surface area (Å²) in [6.45, 7) is 7.13. The first-order chi connectivity index (χ1) is 9.43. The summed E-state index contributed by atoms with van der Waals surface area (Å²) >= 11 is 0. The number of aliphatic hydroxyl groups excluding tert-OH is 1. The highest BCUT2D eigenvalue weighted by Gasteiger charge is 2.71. The van der Waals surface area contributed by atoms with E-state index in [4.69, 9.17) is 14.2 Å². The van der Waals surface area contributed by atoms with Gasteiger partial charge in [-0.15, -0.1) is 0 Å². The van der Waals surface area contributed by atoms with Crippen LogP contribution in [0.15, 0.2) is 11.6 Å². The van der Waals surface area contributed by atoms with Gasteiger partial charge in [0.2, 0.25) is 0 Å². The second-order valence-electron chi connectivity index (χ2n) is 6.94. The van der Waals surface area contributed by atoms with E-state index in [1.54, 1.807) is 7.11 Å². The third-order valence-electron chi connectivity index (χ3n) is 5.26. The Bertz CT molecular complexity index is 411. The molecule has 1 aliphatic carbocycles. The van der Waals surface area contributed by atoms with Crippen molar-refractivity contribution in [3.05, 3.63) is 11.6 Å². The van der Waals surface area contributed by atoms with Crippen LogP contribution in [0.1, 0.15) is 40.0 Å². The van der Waals surface area contributed by atoms with E-state index < -0.39 is 6.10 Å². The standard InChI is InChI=1S/C16H26O4/c1-10(2)5-6-12-15(3,20-12)14-13(18-4)11(17)7-8-16(14)9-19-16/h5,11-14,17H,6-9H2,1-4H3/t11-,12?,13-,14-,15?,16+/m1/s1. The average Bonchev–Trinajstić information content (AvgIpc) is 3.29. The van der Waals surface area contributed by atoms with Crippen molar-refractivity contribution in [2.24, 2.45) is 5.92 Å². The number of allylic oxidation sites excluding steroid dienone is 1. The van der Waals surface area contributed by atoms with E-state index in [1.165, 1.54) is 5.57 Å². The second-order valence-corrected chi connectivity index (χ2v) is 6.94. The Kier molecular flexibility index (Phi) is 3.49. The van der Waals surface area contributed by atoms with Gasteiger partial charge in [0.25, 0.3) is 0 Å². The predicted molar refractivity (Wildman–Crippen MR) is 75.5 cm³/mol. The zero-order valence-corrected chi connectivity index (χ0v) is 12.9. The van der Waals surface area contributed by atoms with Gasteiger partial charge in [0.15, 0.2) is 0 Å². The lowest BCUT2D eigenvalue weighted by atomic mass is 9.68. The van der Waals surface area contributed by atoms with Crippen LogP contribution in [0, 0.1) is 5.92 Å². The van der Waals surface area contributed by atoms with E-state index in [0.29, 0.717) is 0 Å². The van der Waals surface area contributed by atoms with E-state index in [0.717, 1.165) is 25.9 Å². The van der Waals surface area contributed by atoms with Crippen molar-refractivity contribution in [1.29, 1.82) is 0 Å². The molecular weight excluding hydrogens is 256 g/mol. The fourth-order valence-corrected chi connectivity index (χ4v) is 3.96. The summed E-state index contributed by atoms with van der Waals surface area (Å²) in [5, 5.41) is 10.2. The minimum Gasteiger partial charge on any atom is -0.390 e. The van der Waals surface area contributed by atoms with Crippen molar-refractivity contribution in [3.63, 3.8) is 0 Å². The fourth-order valence-electron chi connectivity index (χ4n) is 3.96. The number of epoxide rings is 2. The monoisotopic (exact) mass is 282 g/mol. The van der Waals surface area contributed by atoms with Crippen molar-refractivity contribution < 1.29 is 19.3 Å². The van der Waals surface area contributed by atoms with Gasteiger partial charge in [-0.3, -0.25) is 0 Å². The molecule has 114 valence electrons. The Hall–Kier alpha value is -0.420. The molecule has 1 saturated carbocycles. The van der Waals surface area contributed by atoms with Crippen LogP contribution in [0.4, 0.5) is 0 Å². The quantitative estimate of drug-likeness (QED) is 0.633. The summed E-state index contributed by atoms with van der Waals surface area (Å²) in [4.78, 5) is 0. The summed E-state index contributed by atoms with van der Waals surface area (Å²) in [7, 11) is 1.68. The first-order valence-electron chi connectivity index (χ1n) is 7.59. The number of methoxy groups -OCH3 is 1. The van der Waals surface area contributed by atoms with Gasteiger partial charge in [-0.1, -0.05) is 11.6 Å². The first-order valence-corrected chi connectivity index (χ1v) is 7.59. The van der Waals surface area contributed by atoms with Crippen LogP contribution in [0.25, 0.3) is 0 Å². The van der Waals surface area contributed by atoms with Crippen molar-refractivity contribution in [2.45, 2.75) is 69.5 Å². The Balaban J connectivity index is 1.78. The molecule has 0 radical (unpaired) electrons. The molecule has 3 rings (SSSR count). The van der Waals surface area contributed by atoms with Crippen LogP contribution in [0.3, 0.4) is 0 Å². The van der Waals surface area contributed by atoms with Gasteiger partial charge < -0.3 is 19.3 Å². The molecule has 2 aliphatic heterocycles. The number of rotatable bonds is 4. The zero-order chi connectivity index (χ0) is 14.5. The maximum absolute atomic E-state index is 10.2. The summed E-state index contributed by atoms with van der Waals surface area (Å²) in [5.74, 6) is 0.124. The molecular formula is C16H26O4. The molecule has 1 N–H and O–H groups in total. The summed E-state index contributed by atoms with van der Waals surface area (Å²) < 4.78 is 17.4. The first kappa shape index (κ1) is 14.5. The molecule has 6 atom stereocenters. The molecule has 2 saturated heterocycles. The Morgan fingerprint density at radius 3 is 2.70 bits per heavy atom. The van der Waals surface area contributed by atoms with E-state index in [1.807, 2.05) is 0 Å². The lowest BCUT2D eigenvalue weighted by Crippen LogP contribution is -2.54. The van der Waals surface area contributed by atoms with Gasteiger partial charge >= 0.3 is 0 Å². The van der Waals surface area contributed by atoms with Crippen LogP contribution in [0.2, 0.25) is 0 Å². The smallest absolute Gasteiger partial charge is 0.101 e. The second kappa shape index (κ2) is 4.80. The number of aliphatic hydroxyl groups is 1. The minimum absolute atomic E-state index is 0.117. The SMILES string of the molecule is CO[C@@H]1[C@H](O)CC[C@]2(CO2)[C@H]1C1(C)OC1CC=C(C)C. The number of ether oxygens (including phenoxy) is 3. The maximum atomic E-state index is 10.2. The highest BCUT2D eigenvalue weighted by Crippen LogP contribution is 2.59. The van der Waals surface area contributed by atoms with E-state index in [9.17, 15) is 5.11 Å². The highest BCUT2D eigenvalue weighted by molar-refractivity contribution is 5.20. The maximum Gasteiger partial charge on any atom is 0.101 e. The van der Waals surface area contributed by atoms with Crippen LogP contribution in [0.5, 0.6) is 0 Å². The number of hydrogen-bond acceptors (Lipinski definition) is 4. The van der Waals surface area contributed by atoms with Gasteiger partial charge in [0, 0.05) is 7.11 Å². The predicted octanol–water partition coefficient (Wildman–Crippen LogP) is 2.06. The Morgan fingerprint density at radius 2 is 2.15 bits per heavy atom. The molecule has 1 spiro atoms. The Morgan fingerprint density at radius 1 is 1.45 bits per heavy atom. The van der Waals surface area contributed by atoms with Crippen LogP contribution in [-0.4, -0.2) is 48.3 Å². The van der Waals surface area contributed by atoms with Crippen molar-refractivity contribution in [1.82, 2.24) is 0 Å². The fraction of sp³-hybridized carbons (Fsp3) is 0.875. The normalized spacial score (nSPS) is 50.0. The molecule has 2 heterocycles. The highest BCUT2D eigenvalue weighted by atomic mass is 16.6. The molecule has 3 fully saturated rings. The van der Waals surface area contributed by atoms with E-state index >= 15 is 0 Å². The molecule has 3 aliphatic rings. The van der Waals surface area contributed by atoms with Crippen molar-refractivity contribution in [2.75, 3.05) is 13.7 Å². The van der Waals surface area contributed by atoms with E-state index in [-0.39, 0.29) is 29.3 Å². The summed E-state index contributed by atoms with van der Waals surface area (Å²) in [6.07, 6.45) is 4.43. The minimum atomic E-state index is -0.412. The average molecular weight is 282 g/mol. The summed E-state index contributed by atoms with van der Waals surface area (Å²) in [5.41, 5.74) is 0.964. The molecule has 4 heteroatoms. The third kappa shape index (κ3) is 2.23. The van der Waals surface area contributed by atoms with Crippen LogP contribution in [-0.2, 0) is 14.2 Å². The molecule has 2 unspecified atom stereocenters. The summed E-state index contributed by atoms with van der Waals surface area (Å²) in [6, 6.07) is 0. The van der Waals surface area contributed by atoms with Crippen molar-refractivity contribution in [3.8, 4) is 0 Å². The van der Waals surface area contributed by atoms with Crippen molar-refractivity contribution >= 4 is 0 Å². The van der Waals surface area contributed by atoms with Gasteiger partial charge in [0.1, 0.15) is 5.60 Å². The van der Waals surface area contributed by atoms with E-state index in [2.05, 4.69) is 26.8 Å². The molecule has 20 heavy (non-hydrogen) atoms.